The van der Waals surface area contributed by atoms with Gasteiger partial charge in [0, 0.05) is 10.6 Å². The second kappa shape index (κ2) is 8.83. The van der Waals surface area contributed by atoms with Gasteiger partial charge in [-0.25, -0.2) is 0 Å². The lowest BCUT2D eigenvalue weighted by molar-refractivity contribution is -0.156. The fourth-order valence-corrected chi connectivity index (χ4v) is 6.11. The number of hydrogen-bond donors (Lipinski definition) is 3. The Morgan fingerprint density at radius 2 is 1.58 bits per heavy atom. The zero-order valence-corrected chi connectivity index (χ0v) is 18.6. The molecule has 5 rings (SSSR count). The molecule has 1 aromatic carbocycles. The first-order valence-electron chi connectivity index (χ1n) is 10.9. The van der Waals surface area contributed by atoms with Crippen LogP contribution in [0.25, 0.3) is 0 Å². The van der Waals surface area contributed by atoms with Gasteiger partial charge < -0.3 is 15.7 Å². The average Bonchev–Trinajstić information content (AvgIpc) is 3.18. The normalized spacial score (nSPS) is 24.7. The molecule has 3 saturated carbocycles. The van der Waals surface area contributed by atoms with E-state index in [1.54, 1.807) is 0 Å². The predicted molar refractivity (Wildman–Crippen MR) is 121 cm³/mol. The summed E-state index contributed by atoms with van der Waals surface area (Å²) in [6.07, 6.45) is 3.56. The van der Waals surface area contributed by atoms with Crippen molar-refractivity contribution in [2.24, 2.45) is 23.7 Å². The highest BCUT2D eigenvalue weighted by Crippen LogP contribution is 2.49. The number of carbonyl (C=O) groups excluding carboxylic acids is 2. The van der Waals surface area contributed by atoms with E-state index in [4.69, 9.17) is 0 Å². The molecule has 31 heavy (non-hydrogen) atoms. The maximum Gasteiger partial charge on any atom is 0.307 e. The summed E-state index contributed by atoms with van der Waals surface area (Å²) < 4.78 is 0. The number of amides is 2. The lowest BCUT2D eigenvalue weighted by Gasteiger charge is -2.45. The molecule has 3 aliphatic carbocycles. The monoisotopic (exact) mass is 440 g/mol. The fourth-order valence-electron chi connectivity index (χ4n) is 5.05. The van der Waals surface area contributed by atoms with Crippen LogP contribution in [-0.4, -0.2) is 22.9 Å². The number of anilines is 2. The fraction of sp³-hybridized carbons (Fsp3) is 0.458. The standard InChI is InChI=1S/C24H28N2O4S/c1-13(2)18-12-17(21(27)25-16-6-4-3-5-7-16)23(31-18)26-22(28)19-14-8-10-15(11-9-14)20(19)24(29)30/h3-7,12-15,19-20H,8-11H2,1-2H3,(H,25,27)(H,26,28)(H,29,30)/t14?,15?,19-,20-/m0/s1. The number of benzene rings is 1. The van der Waals surface area contributed by atoms with Crippen LogP contribution in [0.4, 0.5) is 10.7 Å². The van der Waals surface area contributed by atoms with Gasteiger partial charge in [0.25, 0.3) is 5.91 Å². The number of fused-ring (bicyclic) bond motifs is 3. The number of carbonyl (C=O) groups is 3. The third-order valence-electron chi connectivity index (χ3n) is 6.64. The van der Waals surface area contributed by atoms with E-state index in [9.17, 15) is 19.5 Å². The van der Waals surface area contributed by atoms with Gasteiger partial charge in [0.15, 0.2) is 0 Å². The Bertz CT molecular complexity index is 977. The Balaban J connectivity index is 1.59. The lowest BCUT2D eigenvalue weighted by Crippen LogP contribution is -2.49. The molecular formula is C24H28N2O4S. The summed E-state index contributed by atoms with van der Waals surface area (Å²) in [5.41, 5.74) is 1.09. The minimum absolute atomic E-state index is 0.0636. The number of nitrogens with one attached hydrogen (secondary N) is 2. The van der Waals surface area contributed by atoms with Crippen LogP contribution in [0.15, 0.2) is 36.4 Å². The first-order chi connectivity index (χ1) is 14.8. The molecule has 0 spiro atoms. The number of aliphatic carboxylic acids is 1. The largest absolute Gasteiger partial charge is 0.481 e. The summed E-state index contributed by atoms with van der Waals surface area (Å²) in [7, 11) is 0. The van der Waals surface area contributed by atoms with Crippen molar-refractivity contribution in [1.82, 2.24) is 0 Å². The molecule has 0 unspecified atom stereocenters. The van der Waals surface area contributed by atoms with Crippen molar-refractivity contribution < 1.29 is 19.5 Å². The minimum atomic E-state index is -0.884. The van der Waals surface area contributed by atoms with Crippen molar-refractivity contribution in [3.63, 3.8) is 0 Å². The molecule has 3 N–H and O–H groups in total. The maximum absolute atomic E-state index is 13.3. The van der Waals surface area contributed by atoms with Crippen molar-refractivity contribution in [2.75, 3.05) is 10.6 Å². The van der Waals surface area contributed by atoms with Crippen LogP contribution in [0, 0.1) is 23.7 Å². The molecule has 0 radical (unpaired) electrons. The smallest absolute Gasteiger partial charge is 0.307 e. The zero-order chi connectivity index (χ0) is 22.1. The van der Waals surface area contributed by atoms with Crippen LogP contribution in [0.1, 0.15) is 60.7 Å². The SMILES string of the molecule is CC(C)c1cc(C(=O)Nc2ccccc2)c(NC(=O)[C@H]2C3CCC(CC3)[C@@H]2C(=O)O)s1. The molecule has 164 valence electrons. The van der Waals surface area contributed by atoms with E-state index in [2.05, 4.69) is 10.6 Å². The molecule has 2 bridgehead atoms. The highest BCUT2D eigenvalue weighted by molar-refractivity contribution is 7.16. The summed E-state index contributed by atoms with van der Waals surface area (Å²) >= 11 is 1.39. The number of para-hydroxylation sites is 1. The summed E-state index contributed by atoms with van der Waals surface area (Å²) in [5, 5.41) is 16.1. The highest BCUT2D eigenvalue weighted by atomic mass is 32.1. The van der Waals surface area contributed by atoms with E-state index in [-0.39, 0.29) is 29.6 Å². The molecule has 1 aromatic heterocycles. The molecule has 3 aliphatic rings. The van der Waals surface area contributed by atoms with Crippen molar-refractivity contribution in [2.45, 2.75) is 45.4 Å². The first-order valence-corrected chi connectivity index (χ1v) is 11.7. The van der Waals surface area contributed by atoms with Crippen LogP contribution in [-0.2, 0) is 9.59 Å². The Labute approximate surface area is 186 Å². The average molecular weight is 441 g/mol. The predicted octanol–water partition coefficient (Wildman–Crippen LogP) is 5.20. The zero-order valence-electron chi connectivity index (χ0n) is 17.8. The second-order valence-electron chi connectivity index (χ2n) is 8.92. The van der Waals surface area contributed by atoms with Crippen molar-refractivity contribution in [1.29, 1.82) is 0 Å². The molecular weight excluding hydrogens is 412 g/mol. The number of rotatable bonds is 6. The minimum Gasteiger partial charge on any atom is -0.481 e. The molecule has 7 heteroatoms. The van der Waals surface area contributed by atoms with E-state index in [1.165, 1.54) is 11.3 Å². The third kappa shape index (κ3) is 4.37. The number of hydrogen-bond acceptors (Lipinski definition) is 4. The molecule has 0 saturated heterocycles. The second-order valence-corrected chi connectivity index (χ2v) is 10.0. The van der Waals surface area contributed by atoms with Gasteiger partial charge in [-0.15, -0.1) is 11.3 Å². The lowest BCUT2D eigenvalue weighted by atomic mass is 9.58. The van der Waals surface area contributed by atoms with E-state index >= 15 is 0 Å². The van der Waals surface area contributed by atoms with Crippen molar-refractivity contribution in [3.05, 3.63) is 46.8 Å². The molecule has 2 amide bonds. The van der Waals surface area contributed by atoms with Gasteiger partial charge in [-0.2, -0.15) is 0 Å². The van der Waals surface area contributed by atoms with Crippen LogP contribution < -0.4 is 10.6 Å². The number of carboxylic acids is 1. The van der Waals surface area contributed by atoms with Gasteiger partial charge >= 0.3 is 5.97 Å². The van der Waals surface area contributed by atoms with Crippen molar-refractivity contribution >= 4 is 39.8 Å². The molecule has 2 atom stereocenters. The van der Waals surface area contributed by atoms with Gasteiger partial charge in [-0.1, -0.05) is 32.0 Å². The van der Waals surface area contributed by atoms with Crippen molar-refractivity contribution in [3.8, 4) is 0 Å². The number of thiophene rings is 1. The Morgan fingerprint density at radius 1 is 0.968 bits per heavy atom. The van der Waals surface area contributed by atoms with E-state index < -0.39 is 17.8 Å². The van der Waals surface area contributed by atoms with Crippen LogP contribution >= 0.6 is 11.3 Å². The van der Waals surface area contributed by atoms with Crippen LogP contribution in [0.5, 0.6) is 0 Å². The molecule has 6 nitrogen and oxygen atoms in total. The summed E-state index contributed by atoms with van der Waals surface area (Å²) in [6.45, 7) is 4.08. The van der Waals surface area contributed by atoms with Gasteiger partial charge in [0.1, 0.15) is 5.00 Å². The van der Waals surface area contributed by atoms with Crippen LogP contribution in [0.3, 0.4) is 0 Å². The number of carboxylic acid groups (broad SMARTS) is 1. The summed E-state index contributed by atoms with van der Waals surface area (Å²) in [4.78, 5) is 39.2. The van der Waals surface area contributed by atoms with Gasteiger partial charge in [0.2, 0.25) is 5.91 Å². The molecule has 0 aliphatic heterocycles. The maximum atomic E-state index is 13.3. The van der Waals surface area contributed by atoms with Gasteiger partial charge in [-0.05, 0) is 61.6 Å². The Morgan fingerprint density at radius 3 is 2.16 bits per heavy atom. The summed E-state index contributed by atoms with van der Waals surface area (Å²) in [6, 6.07) is 11.0. The van der Waals surface area contributed by atoms with Crippen LogP contribution in [0.2, 0.25) is 0 Å². The third-order valence-corrected chi connectivity index (χ3v) is 7.99. The van der Waals surface area contributed by atoms with E-state index in [0.717, 1.165) is 30.6 Å². The molecule has 2 aromatic rings. The Hall–Kier alpha value is -2.67. The Kier molecular flexibility index (Phi) is 6.14. The van der Waals surface area contributed by atoms with Gasteiger partial charge in [0.05, 0.1) is 17.4 Å². The first kappa shape index (κ1) is 21.6. The molecule has 1 heterocycles. The van der Waals surface area contributed by atoms with E-state index in [0.29, 0.717) is 16.3 Å². The van der Waals surface area contributed by atoms with E-state index in [1.807, 2.05) is 50.2 Å². The highest BCUT2D eigenvalue weighted by Gasteiger charge is 2.50. The quantitative estimate of drug-likeness (QED) is 0.575. The molecule has 3 fully saturated rings. The topological polar surface area (TPSA) is 95.5 Å². The summed E-state index contributed by atoms with van der Waals surface area (Å²) in [5.74, 6) is -2.26. The van der Waals surface area contributed by atoms with Gasteiger partial charge in [-0.3, -0.25) is 14.4 Å².